The van der Waals surface area contributed by atoms with Crippen LogP contribution in [0.5, 0.6) is 0 Å². The number of rotatable bonds is 7. The molecule has 0 aliphatic rings. The first-order valence-corrected chi connectivity index (χ1v) is 11.9. The van der Waals surface area contributed by atoms with Gasteiger partial charge in [-0.25, -0.2) is 4.79 Å². The molecule has 5 nitrogen and oxygen atoms in total. The zero-order valence-corrected chi connectivity index (χ0v) is 21.8. The van der Waals surface area contributed by atoms with Gasteiger partial charge in [0.15, 0.2) is 0 Å². The van der Waals surface area contributed by atoms with Crippen molar-refractivity contribution in [1.29, 1.82) is 0 Å². The van der Waals surface area contributed by atoms with Crippen molar-refractivity contribution >= 4 is 29.2 Å². The van der Waals surface area contributed by atoms with Gasteiger partial charge >= 0.3 is 12.1 Å². The van der Waals surface area contributed by atoms with Gasteiger partial charge in [0, 0.05) is 23.8 Å². The van der Waals surface area contributed by atoms with E-state index in [0.717, 1.165) is 40.8 Å². The fourth-order valence-corrected chi connectivity index (χ4v) is 4.14. The van der Waals surface area contributed by atoms with Crippen LogP contribution >= 0.6 is 11.6 Å². The molecule has 0 fully saturated rings. The molecule has 0 spiro atoms. The Morgan fingerprint density at radius 3 is 2.14 bits per heavy atom. The molecule has 0 heterocycles. The second-order valence-electron chi connectivity index (χ2n) is 9.10. The van der Waals surface area contributed by atoms with E-state index in [9.17, 15) is 22.8 Å². The Morgan fingerprint density at radius 1 is 0.973 bits per heavy atom. The average molecular weight is 533 g/mol. The van der Waals surface area contributed by atoms with Crippen molar-refractivity contribution in [3.05, 3.63) is 87.4 Å². The molecule has 37 heavy (non-hydrogen) atoms. The maximum absolute atomic E-state index is 14.0. The molecule has 9 heteroatoms. The first-order valence-electron chi connectivity index (χ1n) is 11.6. The van der Waals surface area contributed by atoms with E-state index in [2.05, 4.69) is 5.32 Å². The number of hydrogen-bond acceptors (Lipinski definition) is 3. The third kappa shape index (κ3) is 6.25. The number of carboxylic acid groups (broad SMARTS) is 1. The highest BCUT2D eigenvalue weighted by atomic mass is 35.5. The van der Waals surface area contributed by atoms with Crippen LogP contribution < -0.4 is 5.32 Å². The Hall–Kier alpha value is -3.52. The molecule has 2 atom stereocenters. The number of halogens is 4. The molecule has 0 radical (unpaired) electrons. The molecule has 0 bridgehead atoms. The summed E-state index contributed by atoms with van der Waals surface area (Å²) in [5, 5.41) is 13.2. The van der Waals surface area contributed by atoms with Crippen LogP contribution in [-0.4, -0.2) is 35.0 Å². The molecule has 1 unspecified atom stereocenters. The lowest BCUT2D eigenvalue weighted by atomic mass is 9.97. The number of aryl methyl sites for hydroxylation is 2. The Morgan fingerprint density at radius 2 is 1.57 bits per heavy atom. The van der Waals surface area contributed by atoms with E-state index >= 15 is 0 Å². The van der Waals surface area contributed by atoms with Gasteiger partial charge in [-0.3, -0.25) is 4.79 Å². The van der Waals surface area contributed by atoms with Gasteiger partial charge in [-0.1, -0.05) is 41.9 Å². The van der Waals surface area contributed by atoms with Crippen LogP contribution in [0.3, 0.4) is 0 Å². The SMILES string of the molecule is Cc1cc(C(C)Nc2cccc(-c3ccc(C(=O)N(C)[C@@H](C)C(=O)O)c(C(F)(F)F)c3)c2)cc(C)c1Cl. The lowest BCUT2D eigenvalue weighted by Crippen LogP contribution is -2.40. The smallest absolute Gasteiger partial charge is 0.417 e. The Kier molecular flexibility index (Phi) is 8.22. The quantitative estimate of drug-likeness (QED) is 0.333. The molecular weight excluding hydrogens is 505 g/mol. The molecule has 0 aliphatic carbocycles. The van der Waals surface area contributed by atoms with Crippen molar-refractivity contribution < 1.29 is 27.9 Å². The van der Waals surface area contributed by atoms with E-state index in [1.54, 1.807) is 18.2 Å². The number of alkyl halides is 3. The van der Waals surface area contributed by atoms with E-state index in [1.807, 2.05) is 39.0 Å². The van der Waals surface area contributed by atoms with Crippen LogP contribution in [0.15, 0.2) is 54.6 Å². The van der Waals surface area contributed by atoms with Crippen molar-refractivity contribution in [3.63, 3.8) is 0 Å². The van der Waals surface area contributed by atoms with Crippen LogP contribution in [0.4, 0.5) is 18.9 Å². The molecule has 3 aromatic carbocycles. The zero-order chi connectivity index (χ0) is 27.7. The van der Waals surface area contributed by atoms with Crippen molar-refractivity contribution in [2.75, 3.05) is 12.4 Å². The molecule has 1 amide bonds. The highest BCUT2D eigenvalue weighted by Gasteiger charge is 2.37. The summed E-state index contributed by atoms with van der Waals surface area (Å²) >= 11 is 6.27. The summed E-state index contributed by atoms with van der Waals surface area (Å²) in [5.74, 6) is -2.34. The number of nitrogens with zero attached hydrogens (tertiary/aromatic N) is 1. The van der Waals surface area contributed by atoms with Gasteiger partial charge in [0.05, 0.1) is 11.1 Å². The third-order valence-corrected chi connectivity index (χ3v) is 6.95. The van der Waals surface area contributed by atoms with Gasteiger partial charge in [-0.15, -0.1) is 0 Å². The number of hydrogen-bond donors (Lipinski definition) is 2. The maximum Gasteiger partial charge on any atom is 0.417 e. The number of nitrogens with one attached hydrogen (secondary N) is 1. The second-order valence-corrected chi connectivity index (χ2v) is 9.48. The van der Waals surface area contributed by atoms with Crippen molar-refractivity contribution in [1.82, 2.24) is 4.90 Å². The van der Waals surface area contributed by atoms with Gasteiger partial charge in [-0.2, -0.15) is 13.2 Å². The number of benzene rings is 3. The van der Waals surface area contributed by atoms with Gasteiger partial charge in [0.25, 0.3) is 5.91 Å². The van der Waals surface area contributed by atoms with Crippen LogP contribution in [-0.2, 0) is 11.0 Å². The molecule has 0 aromatic heterocycles. The number of likely N-dealkylation sites (N-methyl/N-ethyl adjacent to an activating group) is 1. The summed E-state index contributed by atoms with van der Waals surface area (Å²) in [5.41, 5.74) is 2.70. The van der Waals surface area contributed by atoms with Crippen LogP contribution in [0.1, 0.15) is 52.5 Å². The zero-order valence-electron chi connectivity index (χ0n) is 21.1. The fourth-order valence-electron chi connectivity index (χ4n) is 4.03. The highest BCUT2D eigenvalue weighted by molar-refractivity contribution is 6.32. The lowest BCUT2D eigenvalue weighted by Gasteiger charge is -2.23. The minimum atomic E-state index is -4.82. The molecule has 3 rings (SSSR count). The average Bonchev–Trinajstić information content (AvgIpc) is 2.84. The number of anilines is 1. The molecule has 2 N–H and O–H groups in total. The van der Waals surface area contributed by atoms with Gasteiger partial charge in [0.2, 0.25) is 0 Å². The van der Waals surface area contributed by atoms with E-state index in [-0.39, 0.29) is 11.6 Å². The number of carboxylic acids is 1. The Balaban J connectivity index is 1.94. The molecule has 196 valence electrons. The van der Waals surface area contributed by atoms with Gasteiger partial charge in [-0.05, 0) is 79.8 Å². The summed E-state index contributed by atoms with van der Waals surface area (Å²) in [6.45, 7) is 7.07. The predicted octanol–water partition coefficient (Wildman–Crippen LogP) is 7.36. The van der Waals surface area contributed by atoms with E-state index in [4.69, 9.17) is 16.7 Å². The second kappa shape index (κ2) is 10.8. The van der Waals surface area contributed by atoms with Gasteiger partial charge < -0.3 is 15.3 Å². The van der Waals surface area contributed by atoms with Crippen molar-refractivity contribution in [2.24, 2.45) is 0 Å². The van der Waals surface area contributed by atoms with E-state index in [1.165, 1.54) is 13.0 Å². The number of amides is 1. The number of carbonyl (C=O) groups is 2. The van der Waals surface area contributed by atoms with Crippen molar-refractivity contribution in [3.8, 4) is 11.1 Å². The summed E-state index contributed by atoms with van der Waals surface area (Å²) in [4.78, 5) is 24.7. The number of carbonyl (C=O) groups excluding carboxylic acids is 1. The normalized spacial score (nSPS) is 13.1. The molecule has 3 aromatic rings. The molecular formula is C28H28ClF3N2O3. The van der Waals surface area contributed by atoms with E-state index < -0.39 is 35.2 Å². The van der Waals surface area contributed by atoms with Crippen LogP contribution in [0.25, 0.3) is 11.1 Å². The predicted molar refractivity (Wildman–Crippen MR) is 139 cm³/mol. The topological polar surface area (TPSA) is 69.6 Å². The Labute approximate surface area is 218 Å². The molecule has 0 aliphatic heterocycles. The maximum atomic E-state index is 14.0. The van der Waals surface area contributed by atoms with Gasteiger partial charge in [0.1, 0.15) is 6.04 Å². The summed E-state index contributed by atoms with van der Waals surface area (Å²) < 4.78 is 41.9. The third-order valence-electron chi connectivity index (χ3n) is 6.35. The van der Waals surface area contributed by atoms with E-state index in [0.29, 0.717) is 16.3 Å². The standard InChI is InChI=1S/C28H28ClF3N2O3/c1-15-11-21(12-16(2)25(15)29)17(3)33-22-8-6-7-19(13-22)20-9-10-23(24(14-20)28(30,31)32)26(35)34(5)18(4)27(36)37/h6-14,17-18,33H,1-5H3,(H,36,37)/t17?,18-/m0/s1. The summed E-state index contributed by atoms with van der Waals surface area (Å²) in [7, 11) is 1.16. The van der Waals surface area contributed by atoms with Crippen LogP contribution in [0, 0.1) is 13.8 Å². The number of aliphatic carboxylic acids is 1. The summed E-state index contributed by atoms with van der Waals surface area (Å²) in [6, 6.07) is 13.0. The van der Waals surface area contributed by atoms with Crippen LogP contribution in [0.2, 0.25) is 5.02 Å². The summed E-state index contributed by atoms with van der Waals surface area (Å²) in [6.07, 6.45) is -4.82. The minimum absolute atomic E-state index is 0.0950. The first-order chi connectivity index (χ1) is 17.2. The Bertz CT molecular complexity index is 1320. The fraction of sp³-hybridized carbons (Fsp3) is 0.286. The minimum Gasteiger partial charge on any atom is -0.480 e. The largest absolute Gasteiger partial charge is 0.480 e. The molecule has 0 saturated heterocycles. The molecule has 0 saturated carbocycles. The highest BCUT2D eigenvalue weighted by Crippen LogP contribution is 2.36. The van der Waals surface area contributed by atoms with Crippen molar-refractivity contribution in [2.45, 2.75) is 46.0 Å². The monoisotopic (exact) mass is 532 g/mol. The first kappa shape index (κ1) is 28.1. The lowest BCUT2D eigenvalue weighted by molar-refractivity contribution is -0.141.